The number of amidine groups is 1. The molecule has 3 aliphatic heterocycles. The number of ether oxygens (including phenoxy) is 2. The van der Waals surface area contributed by atoms with E-state index in [0.29, 0.717) is 28.1 Å². The molecule has 0 saturated carbocycles. The lowest BCUT2D eigenvalue weighted by Crippen LogP contribution is -2.50. The number of para-hydroxylation sites is 1. The zero-order valence-corrected chi connectivity index (χ0v) is 18.6. The van der Waals surface area contributed by atoms with Crippen LogP contribution in [0.25, 0.3) is 5.70 Å². The number of hydrogen-bond donors (Lipinski definition) is 1. The number of thioether (sulfide) groups is 1. The smallest absolute Gasteiger partial charge is 0.276 e. The molecule has 0 radical (unpaired) electrons. The van der Waals surface area contributed by atoms with E-state index < -0.39 is 6.17 Å². The molecule has 0 fully saturated rings. The van der Waals surface area contributed by atoms with Gasteiger partial charge in [-0.15, -0.1) is 5.10 Å². The average molecular weight is 457 g/mol. The summed E-state index contributed by atoms with van der Waals surface area (Å²) in [5.74, 6) is 1.88. The third-order valence-corrected chi connectivity index (χ3v) is 6.64. The number of nitrogens with zero attached hydrogens (tertiary/aromatic N) is 3. The van der Waals surface area contributed by atoms with Crippen molar-refractivity contribution in [2.24, 2.45) is 10.1 Å². The second-order valence-electron chi connectivity index (χ2n) is 7.96. The van der Waals surface area contributed by atoms with Crippen LogP contribution in [0.5, 0.6) is 11.5 Å². The molecule has 3 heterocycles. The highest BCUT2D eigenvalue weighted by molar-refractivity contribution is 8.13. The zero-order valence-electron chi connectivity index (χ0n) is 17.8. The molecule has 0 aromatic heterocycles. The van der Waals surface area contributed by atoms with Crippen LogP contribution in [-0.2, 0) is 10.5 Å². The van der Waals surface area contributed by atoms with Crippen LogP contribution in [0.3, 0.4) is 0 Å². The maximum absolute atomic E-state index is 13.3. The normalized spacial score (nSPS) is 18.2. The summed E-state index contributed by atoms with van der Waals surface area (Å²) in [5, 5.41) is 11.6. The van der Waals surface area contributed by atoms with Gasteiger partial charge in [-0.05, 0) is 30.7 Å². The minimum Gasteiger partial charge on any atom is -0.454 e. The van der Waals surface area contributed by atoms with E-state index in [0.717, 1.165) is 16.1 Å². The monoisotopic (exact) mass is 456 g/mol. The maximum Gasteiger partial charge on any atom is 0.276 e. The third kappa shape index (κ3) is 3.62. The molecule has 3 aromatic rings. The Kier molecular flexibility index (Phi) is 4.80. The molecule has 3 aliphatic rings. The van der Waals surface area contributed by atoms with E-state index in [4.69, 9.17) is 19.6 Å². The molecule has 7 nitrogen and oxygen atoms in total. The van der Waals surface area contributed by atoms with E-state index in [9.17, 15) is 4.79 Å². The fraction of sp³-hybridized carbons (Fsp3) is 0.160. The molecule has 0 aliphatic carbocycles. The number of rotatable bonds is 3. The molecule has 1 atom stereocenters. The van der Waals surface area contributed by atoms with Gasteiger partial charge in [-0.3, -0.25) is 15.1 Å². The van der Waals surface area contributed by atoms with Crippen LogP contribution in [-0.4, -0.2) is 22.9 Å². The predicted octanol–water partition coefficient (Wildman–Crippen LogP) is 2.80. The fourth-order valence-corrected chi connectivity index (χ4v) is 4.83. The Labute approximate surface area is 194 Å². The van der Waals surface area contributed by atoms with Crippen molar-refractivity contribution in [3.63, 3.8) is 0 Å². The first-order valence-electron chi connectivity index (χ1n) is 10.6. The molecule has 1 unspecified atom stereocenters. The number of hydrogen-bond acceptors (Lipinski definition) is 7. The highest BCUT2D eigenvalue weighted by atomic mass is 32.2. The number of carbonyl (C=O) groups is 1. The quantitative estimate of drug-likeness (QED) is 0.656. The molecule has 0 bridgehead atoms. The van der Waals surface area contributed by atoms with Gasteiger partial charge in [0.15, 0.2) is 22.8 Å². The summed E-state index contributed by atoms with van der Waals surface area (Å²) in [7, 11) is 0. The Morgan fingerprint density at radius 2 is 1.88 bits per heavy atom. The van der Waals surface area contributed by atoms with Gasteiger partial charge in [0.1, 0.15) is 5.70 Å². The van der Waals surface area contributed by atoms with E-state index >= 15 is 0 Å². The lowest BCUT2D eigenvalue weighted by atomic mass is 10.1. The molecule has 0 saturated heterocycles. The number of hydrazone groups is 1. The van der Waals surface area contributed by atoms with Gasteiger partial charge in [-0.1, -0.05) is 65.9 Å². The SMILES string of the molecule is Cc1ccc(CSC2=NN3C(=c4ccccc4=NC3c3ccc4c(c3)OCO4)C(=O)N2)cc1. The van der Waals surface area contributed by atoms with Gasteiger partial charge >= 0.3 is 0 Å². The molecule has 6 rings (SSSR count). The van der Waals surface area contributed by atoms with Crippen molar-refractivity contribution in [2.45, 2.75) is 18.8 Å². The van der Waals surface area contributed by atoms with Crippen molar-refractivity contribution < 1.29 is 14.3 Å². The first-order chi connectivity index (χ1) is 16.2. The third-order valence-electron chi connectivity index (χ3n) is 5.71. The molecule has 164 valence electrons. The number of amides is 1. The number of carbonyl (C=O) groups excluding carboxylic acids is 1. The molecular formula is C25H20N4O3S. The average Bonchev–Trinajstić information content (AvgIpc) is 3.31. The number of aryl methyl sites for hydroxylation is 1. The van der Waals surface area contributed by atoms with E-state index in [2.05, 4.69) is 36.5 Å². The van der Waals surface area contributed by atoms with Crippen LogP contribution in [0.4, 0.5) is 0 Å². The Morgan fingerprint density at radius 3 is 2.76 bits per heavy atom. The van der Waals surface area contributed by atoms with Crippen LogP contribution in [0, 0.1) is 6.92 Å². The summed E-state index contributed by atoms with van der Waals surface area (Å²) in [4.78, 5) is 18.2. The summed E-state index contributed by atoms with van der Waals surface area (Å²) in [6.07, 6.45) is -0.495. The maximum atomic E-state index is 13.3. The van der Waals surface area contributed by atoms with E-state index in [1.807, 2.05) is 42.5 Å². The molecule has 1 amide bonds. The van der Waals surface area contributed by atoms with Gasteiger partial charge in [-0.25, -0.2) is 5.01 Å². The van der Waals surface area contributed by atoms with Crippen LogP contribution in [0.1, 0.15) is 22.9 Å². The van der Waals surface area contributed by atoms with Gasteiger partial charge in [0.05, 0.1) is 5.36 Å². The largest absolute Gasteiger partial charge is 0.454 e. The van der Waals surface area contributed by atoms with Crippen LogP contribution < -0.4 is 25.4 Å². The minimum atomic E-state index is -0.495. The van der Waals surface area contributed by atoms with Crippen molar-refractivity contribution >= 4 is 28.5 Å². The molecular weight excluding hydrogens is 436 g/mol. The lowest BCUT2D eigenvalue weighted by Gasteiger charge is -2.34. The van der Waals surface area contributed by atoms with Gasteiger partial charge in [0, 0.05) is 16.5 Å². The molecule has 8 heteroatoms. The highest BCUT2D eigenvalue weighted by Crippen LogP contribution is 2.38. The zero-order chi connectivity index (χ0) is 22.4. The fourth-order valence-electron chi connectivity index (χ4n) is 4.02. The number of fused-ring (bicyclic) bond motifs is 3. The lowest BCUT2D eigenvalue weighted by molar-refractivity contribution is -0.116. The van der Waals surface area contributed by atoms with Crippen LogP contribution in [0.2, 0.25) is 0 Å². The Bertz CT molecular complexity index is 1420. The summed E-state index contributed by atoms with van der Waals surface area (Å²) in [6, 6.07) is 21.7. The van der Waals surface area contributed by atoms with Crippen molar-refractivity contribution in [1.82, 2.24) is 10.3 Å². The van der Waals surface area contributed by atoms with Gasteiger partial charge in [0.25, 0.3) is 5.91 Å². The summed E-state index contributed by atoms with van der Waals surface area (Å²) in [6.45, 7) is 2.26. The topological polar surface area (TPSA) is 75.5 Å². The van der Waals surface area contributed by atoms with Gasteiger partial charge in [-0.2, -0.15) is 0 Å². The van der Waals surface area contributed by atoms with Gasteiger partial charge < -0.3 is 9.47 Å². The molecule has 3 aromatic carbocycles. The molecule has 0 spiro atoms. The first-order valence-corrected chi connectivity index (χ1v) is 11.6. The predicted molar refractivity (Wildman–Crippen MR) is 126 cm³/mol. The second kappa shape index (κ2) is 7.97. The Morgan fingerprint density at radius 1 is 1.06 bits per heavy atom. The number of benzene rings is 3. The van der Waals surface area contributed by atoms with Crippen LogP contribution in [0.15, 0.2) is 76.8 Å². The standard InChI is InChI=1S/C25H20N4O3S/c1-15-6-8-16(9-7-15)13-33-25-27-24(30)22-18-4-2-3-5-19(18)26-23(29(22)28-25)17-10-11-20-21(12-17)32-14-31-20/h2-12,23H,13-14H2,1H3,(H,27,28,30). The Hall–Kier alpha value is -3.78. The Balaban J connectivity index is 1.40. The van der Waals surface area contributed by atoms with E-state index in [1.165, 1.54) is 22.9 Å². The van der Waals surface area contributed by atoms with Crippen molar-refractivity contribution in [1.29, 1.82) is 0 Å². The molecule has 33 heavy (non-hydrogen) atoms. The highest BCUT2D eigenvalue weighted by Gasteiger charge is 2.35. The summed E-state index contributed by atoms with van der Waals surface area (Å²) < 4.78 is 11.0. The first kappa shape index (κ1) is 19.9. The summed E-state index contributed by atoms with van der Waals surface area (Å²) in [5.41, 5.74) is 3.74. The van der Waals surface area contributed by atoms with Crippen molar-refractivity contribution in [3.8, 4) is 11.5 Å². The minimum absolute atomic E-state index is 0.190. The van der Waals surface area contributed by atoms with Crippen LogP contribution >= 0.6 is 11.8 Å². The van der Waals surface area contributed by atoms with E-state index in [1.54, 1.807) is 5.01 Å². The van der Waals surface area contributed by atoms with Gasteiger partial charge in [0.2, 0.25) is 6.79 Å². The second-order valence-corrected chi connectivity index (χ2v) is 8.92. The van der Waals surface area contributed by atoms with E-state index in [-0.39, 0.29) is 12.7 Å². The van der Waals surface area contributed by atoms with Crippen molar-refractivity contribution in [3.05, 3.63) is 94.0 Å². The van der Waals surface area contributed by atoms with Crippen molar-refractivity contribution in [2.75, 3.05) is 6.79 Å². The molecule has 1 N–H and O–H groups in total. The number of nitrogens with one attached hydrogen (secondary N) is 1. The summed E-state index contributed by atoms with van der Waals surface area (Å²) >= 11 is 1.49.